The highest BCUT2D eigenvalue weighted by molar-refractivity contribution is 7.22. The smallest absolute Gasteiger partial charge is 0.297 e. The number of thiazole rings is 1. The van der Waals surface area contributed by atoms with E-state index in [1.807, 2.05) is 25.1 Å². The Labute approximate surface area is 196 Å². The fourth-order valence-corrected chi connectivity index (χ4v) is 5.38. The Hall–Kier alpha value is -4.04. The van der Waals surface area contributed by atoms with Crippen LogP contribution in [0.15, 0.2) is 75.9 Å². The van der Waals surface area contributed by atoms with Crippen LogP contribution in [-0.4, -0.2) is 17.5 Å². The lowest BCUT2D eigenvalue weighted by Crippen LogP contribution is -2.30. The number of halogens is 1. The Kier molecular flexibility index (Phi) is 4.70. The third kappa shape index (κ3) is 3.03. The summed E-state index contributed by atoms with van der Waals surface area (Å²) in [5, 5.41) is 0.680. The monoisotopic (exact) mass is 472 g/mol. The predicted molar refractivity (Wildman–Crippen MR) is 128 cm³/mol. The molecule has 5 aromatic rings. The SMILES string of the molecule is CCOc1ccc2nc(N3C(=O)c4oc5ccccc5c(=O)c4C3c3ccccc3F)sc2c1. The Morgan fingerprint density at radius 3 is 2.71 bits per heavy atom. The van der Waals surface area contributed by atoms with Crippen LogP contribution in [0.1, 0.15) is 34.6 Å². The molecular weight excluding hydrogens is 455 g/mol. The molecule has 168 valence electrons. The van der Waals surface area contributed by atoms with Gasteiger partial charge in [-0.25, -0.2) is 9.37 Å². The first kappa shape index (κ1) is 20.6. The molecule has 8 heteroatoms. The second-order valence-corrected chi connectivity index (χ2v) is 8.84. The highest BCUT2D eigenvalue weighted by Crippen LogP contribution is 2.44. The topological polar surface area (TPSA) is 72.6 Å². The molecule has 0 N–H and O–H groups in total. The molecule has 6 rings (SSSR count). The van der Waals surface area contributed by atoms with Crippen LogP contribution >= 0.6 is 11.3 Å². The van der Waals surface area contributed by atoms with E-state index < -0.39 is 17.8 Å². The number of nitrogens with zero attached hydrogens (tertiary/aromatic N) is 2. The lowest BCUT2D eigenvalue weighted by atomic mass is 9.98. The molecule has 1 amide bonds. The lowest BCUT2D eigenvalue weighted by molar-refractivity contribution is 0.0971. The van der Waals surface area contributed by atoms with E-state index in [4.69, 9.17) is 9.15 Å². The number of rotatable bonds is 4. The molecule has 0 spiro atoms. The first-order valence-electron chi connectivity index (χ1n) is 10.7. The molecule has 0 saturated heterocycles. The Balaban J connectivity index is 1.61. The zero-order valence-electron chi connectivity index (χ0n) is 17.9. The maximum absolute atomic E-state index is 15.0. The minimum atomic E-state index is -1.00. The molecule has 3 aromatic carbocycles. The molecule has 34 heavy (non-hydrogen) atoms. The molecule has 3 heterocycles. The number of carbonyl (C=O) groups is 1. The van der Waals surface area contributed by atoms with Gasteiger partial charge in [-0.05, 0) is 43.3 Å². The summed E-state index contributed by atoms with van der Waals surface area (Å²) in [7, 11) is 0. The van der Waals surface area contributed by atoms with Gasteiger partial charge in [-0.15, -0.1) is 0 Å². The molecule has 1 aliphatic rings. The molecule has 2 aromatic heterocycles. The normalized spacial score (nSPS) is 15.3. The van der Waals surface area contributed by atoms with E-state index in [1.54, 1.807) is 42.5 Å². The average molecular weight is 472 g/mol. The van der Waals surface area contributed by atoms with Crippen LogP contribution < -0.4 is 15.1 Å². The third-order valence-corrected chi connectivity index (χ3v) is 6.86. The van der Waals surface area contributed by atoms with Crippen LogP contribution in [0.2, 0.25) is 0 Å². The third-order valence-electron chi connectivity index (χ3n) is 5.84. The van der Waals surface area contributed by atoms with E-state index in [0.717, 1.165) is 4.70 Å². The standard InChI is InChI=1S/C26H17FN2O4S/c1-2-32-14-11-12-18-20(13-14)34-26(28-18)29-22(15-7-3-5-9-17(15)27)21-23(30)16-8-4-6-10-19(16)33-24(21)25(29)31/h3-13,22H,2H2,1H3. The summed E-state index contributed by atoms with van der Waals surface area (Å²) in [6, 6.07) is 17.3. The summed E-state index contributed by atoms with van der Waals surface area (Å²) in [6.07, 6.45) is 0. The highest BCUT2D eigenvalue weighted by atomic mass is 32.1. The number of hydrogen-bond donors (Lipinski definition) is 0. The van der Waals surface area contributed by atoms with Crippen molar-refractivity contribution >= 4 is 43.6 Å². The van der Waals surface area contributed by atoms with Crippen molar-refractivity contribution in [3.63, 3.8) is 0 Å². The molecule has 0 saturated carbocycles. The van der Waals surface area contributed by atoms with Crippen molar-refractivity contribution in [2.24, 2.45) is 0 Å². The van der Waals surface area contributed by atoms with Crippen molar-refractivity contribution in [3.8, 4) is 5.75 Å². The highest BCUT2D eigenvalue weighted by Gasteiger charge is 2.45. The van der Waals surface area contributed by atoms with Gasteiger partial charge < -0.3 is 9.15 Å². The fourth-order valence-electron chi connectivity index (χ4n) is 4.36. The van der Waals surface area contributed by atoms with Crippen molar-refractivity contribution in [3.05, 3.63) is 99.7 Å². The molecule has 0 radical (unpaired) electrons. The van der Waals surface area contributed by atoms with Crippen molar-refractivity contribution in [2.75, 3.05) is 11.5 Å². The van der Waals surface area contributed by atoms with Gasteiger partial charge in [0.2, 0.25) is 5.76 Å². The van der Waals surface area contributed by atoms with Gasteiger partial charge in [0.25, 0.3) is 5.91 Å². The minimum Gasteiger partial charge on any atom is -0.494 e. The second-order valence-electron chi connectivity index (χ2n) is 7.83. The van der Waals surface area contributed by atoms with Crippen LogP contribution in [0.5, 0.6) is 5.75 Å². The van der Waals surface area contributed by atoms with E-state index in [2.05, 4.69) is 4.98 Å². The number of carbonyl (C=O) groups excluding carboxylic acids is 1. The zero-order valence-corrected chi connectivity index (χ0v) is 18.8. The Morgan fingerprint density at radius 1 is 1.09 bits per heavy atom. The molecule has 0 bridgehead atoms. The first-order valence-corrected chi connectivity index (χ1v) is 11.6. The van der Waals surface area contributed by atoms with E-state index in [0.29, 0.717) is 34.0 Å². The van der Waals surface area contributed by atoms with E-state index in [9.17, 15) is 9.59 Å². The van der Waals surface area contributed by atoms with E-state index in [-0.39, 0.29) is 22.3 Å². The molecule has 1 atom stereocenters. The van der Waals surface area contributed by atoms with E-state index in [1.165, 1.54) is 22.3 Å². The van der Waals surface area contributed by atoms with E-state index >= 15 is 4.39 Å². The Morgan fingerprint density at radius 2 is 1.88 bits per heavy atom. The molecular formula is C26H17FN2O4S. The average Bonchev–Trinajstić information content (AvgIpc) is 3.38. The minimum absolute atomic E-state index is 0.0915. The summed E-state index contributed by atoms with van der Waals surface area (Å²) in [5.41, 5.74) is 0.929. The van der Waals surface area contributed by atoms with Gasteiger partial charge in [0.05, 0.1) is 27.8 Å². The summed E-state index contributed by atoms with van der Waals surface area (Å²) in [4.78, 5) is 33.2. The number of amides is 1. The number of para-hydroxylation sites is 1. The van der Waals surface area contributed by atoms with Crippen molar-refractivity contribution in [1.29, 1.82) is 0 Å². The maximum Gasteiger partial charge on any atom is 0.297 e. The van der Waals surface area contributed by atoms with Gasteiger partial charge in [0, 0.05) is 5.56 Å². The largest absolute Gasteiger partial charge is 0.494 e. The zero-order chi connectivity index (χ0) is 23.4. The van der Waals surface area contributed by atoms with Crippen LogP contribution in [-0.2, 0) is 0 Å². The van der Waals surface area contributed by atoms with Crippen molar-refractivity contribution < 1.29 is 18.3 Å². The summed E-state index contributed by atoms with van der Waals surface area (Å²) in [5.74, 6) is -0.457. The quantitative estimate of drug-likeness (QED) is 0.336. The van der Waals surface area contributed by atoms with Crippen LogP contribution in [0.3, 0.4) is 0 Å². The first-order chi connectivity index (χ1) is 16.6. The number of fused-ring (bicyclic) bond motifs is 3. The number of anilines is 1. The number of aromatic nitrogens is 1. The van der Waals surface area contributed by atoms with Gasteiger partial charge >= 0.3 is 0 Å². The number of benzene rings is 3. The number of ether oxygens (including phenoxy) is 1. The molecule has 0 fully saturated rings. The van der Waals surface area contributed by atoms with Gasteiger partial charge in [0.15, 0.2) is 10.6 Å². The van der Waals surface area contributed by atoms with Crippen LogP contribution in [0, 0.1) is 5.82 Å². The summed E-state index contributed by atoms with van der Waals surface area (Å²) < 4.78 is 27.3. The lowest BCUT2D eigenvalue weighted by Gasteiger charge is -2.22. The van der Waals surface area contributed by atoms with Crippen LogP contribution in [0.25, 0.3) is 21.2 Å². The molecule has 1 aliphatic heterocycles. The van der Waals surface area contributed by atoms with Gasteiger partial charge in [-0.2, -0.15) is 0 Å². The molecule has 1 unspecified atom stereocenters. The van der Waals surface area contributed by atoms with Crippen LogP contribution in [0.4, 0.5) is 9.52 Å². The predicted octanol–water partition coefficient (Wildman–Crippen LogP) is 5.69. The van der Waals surface area contributed by atoms with Gasteiger partial charge in [-0.3, -0.25) is 14.5 Å². The van der Waals surface area contributed by atoms with Gasteiger partial charge in [-0.1, -0.05) is 41.7 Å². The number of hydrogen-bond acceptors (Lipinski definition) is 6. The van der Waals surface area contributed by atoms with Crippen molar-refractivity contribution in [2.45, 2.75) is 13.0 Å². The molecule has 0 aliphatic carbocycles. The summed E-state index contributed by atoms with van der Waals surface area (Å²) in [6.45, 7) is 2.42. The maximum atomic E-state index is 15.0. The summed E-state index contributed by atoms with van der Waals surface area (Å²) >= 11 is 1.27. The second kappa shape index (κ2) is 7.78. The van der Waals surface area contributed by atoms with Crippen molar-refractivity contribution in [1.82, 2.24) is 4.98 Å². The Bertz CT molecular complexity index is 1660. The van der Waals surface area contributed by atoms with Gasteiger partial charge in [0.1, 0.15) is 23.2 Å². The molecule has 6 nitrogen and oxygen atoms in total. The fraction of sp³-hybridized carbons (Fsp3) is 0.115.